The lowest BCUT2D eigenvalue weighted by molar-refractivity contribution is -0.198. The second-order valence-electron chi connectivity index (χ2n) is 17.6. The number of benzene rings is 3. The Morgan fingerprint density at radius 2 is 1.86 bits per heavy atom. The van der Waals surface area contributed by atoms with Crippen LogP contribution in [0.3, 0.4) is 0 Å². The number of hydrogen-bond donors (Lipinski definition) is 1. The minimum absolute atomic E-state index is 0.00776. The lowest BCUT2D eigenvalue weighted by Crippen LogP contribution is -2.67. The van der Waals surface area contributed by atoms with Crippen molar-refractivity contribution in [3.8, 4) is 5.75 Å². The Hall–Kier alpha value is -2.93. The van der Waals surface area contributed by atoms with Crippen LogP contribution in [0.25, 0.3) is 0 Å². The molecule has 1 amide bonds. The summed E-state index contributed by atoms with van der Waals surface area (Å²) in [5, 5.41) is 0.465. The summed E-state index contributed by atoms with van der Waals surface area (Å²) in [5.74, 6) is 1.10. The van der Waals surface area contributed by atoms with Crippen molar-refractivity contribution in [1.29, 1.82) is 0 Å². The fraction of sp³-hybridized carbons (Fsp3) is 0.553. The summed E-state index contributed by atoms with van der Waals surface area (Å²) >= 11 is 4.92. The maximum Gasteiger partial charge on any atom is 0.292 e. The zero-order valence-electron chi connectivity index (χ0n) is 34.5. The number of nitrogens with one attached hydrogen (secondary N) is 1. The number of amides is 1. The molecule has 3 aromatic rings. The molecular formula is C47H61ClN4O5S. The van der Waals surface area contributed by atoms with Crippen molar-refractivity contribution in [3.63, 3.8) is 0 Å². The monoisotopic (exact) mass is 828 g/mol. The maximum absolute atomic E-state index is 14.2. The summed E-state index contributed by atoms with van der Waals surface area (Å²) in [4.78, 5) is 21.4. The average Bonchev–Trinajstić information content (AvgIpc) is 3.23. The van der Waals surface area contributed by atoms with E-state index < -0.39 is 17.1 Å². The molecule has 3 fully saturated rings. The number of methoxy groups -OCH3 is 1. The van der Waals surface area contributed by atoms with Gasteiger partial charge in [-0.3, -0.25) is 14.6 Å². The normalized spacial score (nSPS) is 33.7. The van der Waals surface area contributed by atoms with Gasteiger partial charge in [-0.2, -0.15) is 4.72 Å². The Labute approximate surface area is 353 Å². The molecule has 9 nitrogen and oxygen atoms in total. The van der Waals surface area contributed by atoms with Gasteiger partial charge < -0.3 is 23.7 Å². The number of likely N-dealkylation sites (N-methyl/N-ethyl adjacent to an activating group) is 1. The van der Waals surface area contributed by atoms with E-state index in [9.17, 15) is 9.35 Å². The van der Waals surface area contributed by atoms with Gasteiger partial charge in [-0.25, -0.2) is 0 Å². The Balaban J connectivity index is 1.14. The molecule has 1 N–H and O–H groups in total. The fourth-order valence-corrected chi connectivity index (χ4v) is 12.2. The number of aryl methyl sites for hydroxylation is 1. The summed E-state index contributed by atoms with van der Waals surface area (Å²) in [6.45, 7) is 9.79. The average molecular weight is 830 g/mol. The number of piperazine rings is 1. The lowest BCUT2D eigenvalue weighted by atomic mass is 9.66. The number of carbonyl (C=O) groups excluding carboxylic acids is 1. The first-order chi connectivity index (χ1) is 28.2. The highest BCUT2D eigenvalue weighted by atomic mass is 35.5. The summed E-state index contributed by atoms with van der Waals surface area (Å²) in [6.07, 6.45) is 11.2. The number of ether oxygens (including phenoxy) is 3. The van der Waals surface area contributed by atoms with Crippen LogP contribution in [0.2, 0.25) is 5.02 Å². The smallest absolute Gasteiger partial charge is 0.292 e. The zero-order valence-corrected chi connectivity index (χ0v) is 36.0. The van der Waals surface area contributed by atoms with Crippen LogP contribution in [0.5, 0.6) is 5.75 Å². The van der Waals surface area contributed by atoms with Crippen molar-refractivity contribution >= 4 is 28.9 Å². The molecule has 0 radical (unpaired) electrons. The van der Waals surface area contributed by atoms with Crippen LogP contribution >= 0.6 is 11.6 Å². The standard InChI is InChI=1S/C47H61ClN4O5S/c1-34-9-7-22-47(55-3,52-24-23-51-25-26-56-31-40(51)30-52)43-19-15-38(43)29-50(2)32-46(21-8-12-37-28-39(48)16-20-42(37)46)33-57-41-17-13-36(14-18-41)45(53)49-58(54)44(34)27-35-10-5-4-6-11-35/h4-7,10-11,13-14,16-18,20,22,28,34,38,40,43-44H,8-9,12,15,19,21,23-27,29-33H2,1-3H3,(H,49,53)/b22-7+/t34?,38?,40?,43?,44?,46-,47+,58?/m0/s1. The van der Waals surface area contributed by atoms with E-state index in [-0.39, 0.29) is 22.5 Å². The molecule has 9 rings (SSSR count). The minimum Gasteiger partial charge on any atom is -0.593 e. The molecule has 3 aromatic carbocycles. The third-order valence-corrected chi connectivity index (χ3v) is 15.7. The number of hydrogen-bond acceptors (Lipinski definition) is 8. The van der Waals surface area contributed by atoms with E-state index in [0.29, 0.717) is 48.6 Å². The number of fused-ring (bicyclic) bond motifs is 14. The molecule has 1 spiro atoms. The summed E-state index contributed by atoms with van der Waals surface area (Å²) in [5.41, 5.74) is 3.34. The molecule has 2 saturated heterocycles. The van der Waals surface area contributed by atoms with Gasteiger partial charge in [0.1, 0.15) is 16.7 Å². The van der Waals surface area contributed by atoms with Gasteiger partial charge in [0.05, 0.1) is 31.2 Å². The largest absolute Gasteiger partial charge is 0.593 e. The highest BCUT2D eigenvalue weighted by Crippen LogP contribution is 2.48. The SMILES string of the molecule is CO[C@]1(N2CCN3CCOCC3C2)/C=C/CC(C)C(Cc2ccccc2)[S+]([O-])NC(=O)c2ccc(cc2)OC[C@]2(CCCc3cc(Cl)ccc32)CN(C)CC2CCC21. The number of allylic oxidation sites excluding steroid dienone is 1. The van der Waals surface area contributed by atoms with E-state index in [2.05, 4.69) is 69.8 Å². The van der Waals surface area contributed by atoms with Crippen LogP contribution in [0.4, 0.5) is 0 Å². The van der Waals surface area contributed by atoms with Gasteiger partial charge >= 0.3 is 0 Å². The quantitative estimate of drug-likeness (QED) is 0.225. The van der Waals surface area contributed by atoms with E-state index in [4.69, 9.17) is 25.8 Å². The third kappa shape index (κ3) is 8.91. The van der Waals surface area contributed by atoms with Gasteiger partial charge in [0.15, 0.2) is 0 Å². The van der Waals surface area contributed by atoms with E-state index in [1.807, 2.05) is 43.5 Å². The highest BCUT2D eigenvalue weighted by molar-refractivity contribution is 7.90. The number of carbonyl (C=O) groups is 1. The van der Waals surface area contributed by atoms with Crippen molar-refractivity contribution < 1.29 is 23.6 Å². The maximum atomic E-state index is 14.2. The number of nitrogens with zero attached hydrogens (tertiary/aromatic N) is 3. The molecule has 0 aromatic heterocycles. The van der Waals surface area contributed by atoms with Crippen molar-refractivity contribution in [3.05, 3.63) is 112 Å². The topological polar surface area (TPSA) is 89.6 Å². The van der Waals surface area contributed by atoms with Crippen LogP contribution in [-0.2, 0) is 39.1 Å². The highest BCUT2D eigenvalue weighted by Gasteiger charge is 2.52. The first-order valence-corrected chi connectivity index (χ1v) is 23.0. The summed E-state index contributed by atoms with van der Waals surface area (Å²) in [6, 6.07) is 24.2. The molecule has 4 heterocycles. The van der Waals surface area contributed by atoms with E-state index in [0.717, 1.165) is 95.2 Å². The summed E-state index contributed by atoms with van der Waals surface area (Å²) < 4.78 is 36.6. The van der Waals surface area contributed by atoms with E-state index in [1.165, 1.54) is 11.1 Å². The Kier molecular flexibility index (Phi) is 13.2. The number of halogens is 1. The van der Waals surface area contributed by atoms with E-state index in [1.54, 1.807) is 12.1 Å². The van der Waals surface area contributed by atoms with Crippen LogP contribution < -0.4 is 9.46 Å². The second-order valence-corrected chi connectivity index (χ2v) is 19.5. The minimum atomic E-state index is -1.64. The molecule has 2 bridgehead atoms. The Bertz CT molecular complexity index is 1890. The molecule has 312 valence electrons. The molecule has 1 saturated carbocycles. The predicted octanol–water partition coefficient (Wildman–Crippen LogP) is 6.91. The van der Waals surface area contributed by atoms with Crippen molar-refractivity contribution in [2.45, 2.75) is 74.3 Å². The van der Waals surface area contributed by atoms with Gasteiger partial charge in [0.25, 0.3) is 5.91 Å². The Morgan fingerprint density at radius 1 is 1.03 bits per heavy atom. The van der Waals surface area contributed by atoms with Gasteiger partial charge in [0, 0.05) is 86.7 Å². The number of rotatable bonds is 4. The lowest BCUT2D eigenvalue weighted by Gasteiger charge is -2.57. The molecule has 11 heteroatoms. The van der Waals surface area contributed by atoms with Gasteiger partial charge in [-0.1, -0.05) is 61.0 Å². The predicted molar refractivity (Wildman–Crippen MR) is 232 cm³/mol. The Morgan fingerprint density at radius 3 is 2.64 bits per heavy atom. The van der Waals surface area contributed by atoms with E-state index >= 15 is 0 Å². The fourth-order valence-electron chi connectivity index (χ4n) is 10.7. The molecule has 6 aliphatic rings. The molecule has 6 unspecified atom stereocenters. The molecule has 8 atom stereocenters. The van der Waals surface area contributed by atoms with Crippen LogP contribution in [0.15, 0.2) is 84.9 Å². The molecule has 58 heavy (non-hydrogen) atoms. The van der Waals surface area contributed by atoms with Crippen LogP contribution in [0.1, 0.15) is 66.1 Å². The van der Waals surface area contributed by atoms with Gasteiger partial charge in [0.2, 0.25) is 0 Å². The number of morpholine rings is 1. The zero-order chi connectivity index (χ0) is 40.3. The van der Waals surface area contributed by atoms with Crippen LogP contribution in [0, 0.1) is 17.8 Å². The summed E-state index contributed by atoms with van der Waals surface area (Å²) in [7, 11) is 4.17. The first kappa shape index (κ1) is 41.8. The molecular weight excluding hydrogens is 768 g/mol. The molecule has 2 aliphatic carbocycles. The second kappa shape index (κ2) is 18.4. The first-order valence-electron chi connectivity index (χ1n) is 21.4. The van der Waals surface area contributed by atoms with Crippen molar-refractivity contribution in [1.82, 2.24) is 19.4 Å². The van der Waals surface area contributed by atoms with Crippen molar-refractivity contribution in [2.75, 3.05) is 73.2 Å². The molecule has 4 aliphatic heterocycles. The van der Waals surface area contributed by atoms with Crippen LogP contribution in [-0.4, -0.2) is 115 Å². The van der Waals surface area contributed by atoms with Gasteiger partial charge in [-0.05, 0) is 111 Å². The van der Waals surface area contributed by atoms with Crippen molar-refractivity contribution in [2.24, 2.45) is 17.8 Å². The van der Waals surface area contributed by atoms with Gasteiger partial charge in [-0.15, -0.1) is 0 Å². The third-order valence-electron chi connectivity index (χ3n) is 13.9.